The molecule has 4 unspecified atom stereocenters. The fourth-order valence-electron chi connectivity index (χ4n) is 3.66. The Hall–Kier alpha value is -0.410. The summed E-state index contributed by atoms with van der Waals surface area (Å²) in [6, 6.07) is 4.00. The number of hydrogen-bond acceptors (Lipinski definition) is 2. The third-order valence-corrected chi connectivity index (χ3v) is 4.96. The SMILES string of the molecule is OC(Cc1ccc(Br)cn1)C1CC2CCC1C2. The monoisotopic (exact) mass is 295 g/mol. The van der Waals surface area contributed by atoms with Crippen LogP contribution < -0.4 is 0 Å². The first kappa shape index (κ1) is 11.7. The molecule has 4 atom stereocenters. The van der Waals surface area contributed by atoms with Crippen LogP contribution in [0.5, 0.6) is 0 Å². The van der Waals surface area contributed by atoms with E-state index in [0.717, 1.165) is 22.0 Å². The fourth-order valence-corrected chi connectivity index (χ4v) is 3.89. The number of fused-ring (bicyclic) bond motifs is 2. The van der Waals surface area contributed by atoms with Crippen molar-refractivity contribution in [2.45, 2.75) is 38.2 Å². The van der Waals surface area contributed by atoms with Crippen molar-refractivity contribution in [3.8, 4) is 0 Å². The van der Waals surface area contributed by atoms with Crippen molar-refractivity contribution in [2.24, 2.45) is 17.8 Å². The van der Waals surface area contributed by atoms with Crippen LogP contribution in [0, 0.1) is 17.8 Å². The Morgan fingerprint density at radius 3 is 2.82 bits per heavy atom. The Labute approximate surface area is 111 Å². The van der Waals surface area contributed by atoms with Gasteiger partial charge in [-0.1, -0.05) is 6.42 Å². The average Bonchev–Trinajstić information content (AvgIpc) is 2.94. The number of pyridine rings is 1. The molecule has 2 bridgehead atoms. The summed E-state index contributed by atoms with van der Waals surface area (Å²) in [5.41, 5.74) is 1.00. The lowest BCUT2D eigenvalue weighted by Gasteiger charge is -2.26. The molecule has 2 aliphatic carbocycles. The standard InChI is InChI=1S/C14H18BrNO/c15-11-3-4-12(16-8-11)7-14(17)13-6-9-1-2-10(13)5-9/h3-4,8-10,13-14,17H,1-2,5-7H2. The maximum absolute atomic E-state index is 10.3. The topological polar surface area (TPSA) is 33.1 Å². The van der Waals surface area contributed by atoms with Crippen LogP contribution in [-0.4, -0.2) is 16.2 Å². The van der Waals surface area contributed by atoms with Crippen molar-refractivity contribution < 1.29 is 5.11 Å². The molecule has 0 amide bonds. The highest BCUT2D eigenvalue weighted by atomic mass is 79.9. The zero-order valence-electron chi connectivity index (χ0n) is 9.85. The van der Waals surface area contributed by atoms with E-state index >= 15 is 0 Å². The lowest BCUT2D eigenvalue weighted by Crippen LogP contribution is -2.27. The van der Waals surface area contributed by atoms with Crippen LogP contribution in [-0.2, 0) is 6.42 Å². The normalized spacial score (nSPS) is 32.9. The van der Waals surface area contributed by atoms with Gasteiger partial charge in [0.05, 0.1) is 6.10 Å². The molecule has 3 rings (SSSR count). The van der Waals surface area contributed by atoms with E-state index in [-0.39, 0.29) is 6.10 Å². The van der Waals surface area contributed by atoms with E-state index in [4.69, 9.17) is 0 Å². The van der Waals surface area contributed by atoms with Gasteiger partial charge in [0.1, 0.15) is 0 Å². The summed E-state index contributed by atoms with van der Waals surface area (Å²) in [6.45, 7) is 0. The van der Waals surface area contributed by atoms with Gasteiger partial charge in [-0.15, -0.1) is 0 Å². The van der Waals surface area contributed by atoms with Crippen molar-refractivity contribution >= 4 is 15.9 Å². The Morgan fingerprint density at radius 2 is 2.24 bits per heavy atom. The number of aliphatic hydroxyl groups excluding tert-OH is 1. The largest absolute Gasteiger partial charge is 0.392 e. The number of nitrogens with zero attached hydrogens (tertiary/aromatic N) is 1. The minimum Gasteiger partial charge on any atom is -0.392 e. The van der Waals surface area contributed by atoms with Crippen molar-refractivity contribution in [3.05, 3.63) is 28.5 Å². The number of rotatable bonds is 3. The van der Waals surface area contributed by atoms with Crippen LogP contribution in [0.2, 0.25) is 0 Å². The fraction of sp³-hybridized carbons (Fsp3) is 0.643. The van der Waals surface area contributed by atoms with Gasteiger partial charge in [-0.25, -0.2) is 0 Å². The van der Waals surface area contributed by atoms with Gasteiger partial charge < -0.3 is 5.11 Å². The van der Waals surface area contributed by atoms with Gasteiger partial charge in [-0.05, 0) is 65.1 Å². The highest BCUT2D eigenvalue weighted by Gasteiger charge is 2.42. The Kier molecular flexibility index (Phi) is 3.22. The first-order chi connectivity index (χ1) is 8.22. The van der Waals surface area contributed by atoms with E-state index in [1.165, 1.54) is 25.7 Å². The Balaban J connectivity index is 1.63. The van der Waals surface area contributed by atoms with Gasteiger partial charge in [0.2, 0.25) is 0 Å². The lowest BCUT2D eigenvalue weighted by molar-refractivity contribution is 0.0743. The molecular weight excluding hydrogens is 278 g/mol. The third-order valence-electron chi connectivity index (χ3n) is 4.49. The molecule has 0 spiro atoms. The summed E-state index contributed by atoms with van der Waals surface area (Å²) >= 11 is 3.38. The molecule has 2 saturated carbocycles. The summed E-state index contributed by atoms with van der Waals surface area (Å²) in [6.07, 6.45) is 7.64. The van der Waals surface area contributed by atoms with Crippen LogP contribution in [0.15, 0.2) is 22.8 Å². The summed E-state index contributed by atoms with van der Waals surface area (Å²) in [5.74, 6) is 2.21. The summed E-state index contributed by atoms with van der Waals surface area (Å²) < 4.78 is 0.996. The predicted molar refractivity (Wildman–Crippen MR) is 70.6 cm³/mol. The number of halogens is 1. The highest BCUT2D eigenvalue weighted by molar-refractivity contribution is 9.10. The maximum Gasteiger partial charge on any atom is 0.0626 e. The van der Waals surface area contributed by atoms with Crippen molar-refractivity contribution in [2.75, 3.05) is 0 Å². The minimum atomic E-state index is -0.195. The van der Waals surface area contributed by atoms with E-state index in [1.54, 1.807) is 0 Å². The summed E-state index contributed by atoms with van der Waals surface area (Å²) in [4.78, 5) is 4.34. The Morgan fingerprint density at radius 1 is 1.35 bits per heavy atom. The van der Waals surface area contributed by atoms with E-state index in [1.807, 2.05) is 18.3 Å². The van der Waals surface area contributed by atoms with E-state index in [0.29, 0.717) is 12.3 Å². The molecule has 2 aliphatic rings. The predicted octanol–water partition coefficient (Wildman–Crippen LogP) is 3.18. The van der Waals surface area contributed by atoms with Crippen LogP contribution in [0.4, 0.5) is 0 Å². The van der Waals surface area contributed by atoms with Crippen LogP contribution in [0.1, 0.15) is 31.4 Å². The van der Waals surface area contributed by atoms with Gasteiger partial charge in [-0.2, -0.15) is 0 Å². The van der Waals surface area contributed by atoms with Crippen LogP contribution in [0.25, 0.3) is 0 Å². The first-order valence-corrected chi connectivity index (χ1v) is 7.30. The van der Waals surface area contributed by atoms with Crippen molar-refractivity contribution in [3.63, 3.8) is 0 Å². The molecule has 2 fully saturated rings. The van der Waals surface area contributed by atoms with Crippen LogP contribution in [0.3, 0.4) is 0 Å². The molecule has 1 N–H and O–H groups in total. The Bertz CT molecular complexity index is 392. The van der Waals surface area contributed by atoms with E-state index in [2.05, 4.69) is 20.9 Å². The van der Waals surface area contributed by atoms with Gasteiger partial charge in [-0.3, -0.25) is 4.98 Å². The maximum atomic E-state index is 10.3. The molecule has 3 heteroatoms. The third kappa shape index (κ3) is 2.41. The molecule has 1 aromatic heterocycles. The molecule has 1 aromatic rings. The van der Waals surface area contributed by atoms with Crippen LogP contribution >= 0.6 is 15.9 Å². The zero-order valence-corrected chi connectivity index (χ0v) is 11.4. The van der Waals surface area contributed by atoms with Crippen molar-refractivity contribution in [1.29, 1.82) is 0 Å². The number of aliphatic hydroxyl groups is 1. The second-order valence-corrected chi connectivity index (χ2v) is 6.49. The average molecular weight is 296 g/mol. The molecule has 2 nitrogen and oxygen atoms in total. The van der Waals surface area contributed by atoms with E-state index in [9.17, 15) is 5.11 Å². The number of aromatic nitrogens is 1. The molecule has 0 radical (unpaired) electrons. The summed E-state index contributed by atoms with van der Waals surface area (Å²) in [5, 5.41) is 10.3. The minimum absolute atomic E-state index is 0.195. The number of hydrogen-bond donors (Lipinski definition) is 1. The lowest BCUT2D eigenvalue weighted by atomic mass is 9.83. The van der Waals surface area contributed by atoms with Gasteiger partial charge >= 0.3 is 0 Å². The van der Waals surface area contributed by atoms with Gasteiger partial charge in [0, 0.05) is 22.8 Å². The smallest absolute Gasteiger partial charge is 0.0626 e. The van der Waals surface area contributed by atoms with Gasteiger partial charge in [0.25, 0.3) is 0 Å². The molecule has 92 valence electrons. The zero-order chi connectivity index (χ0) is 11.8. The molecular formula is C14H18BrNO. The molecule has 1 heterocycles. The molecule has 17 heavy (non-hydrogen) atoms. The summed E-state index contributed by atoms with van der Waals surface area (Å²) in [7, 11) is 0. The highest BCUT2D eigenvalue weighted by Crippen LogP contribution is 2.49. The first-order valence-electron chi connectivity index (χ1n) is 6.51. The molecule has 0 aliphatic heterocycles. The van der Waals surface area contributed by atoms with Crippen molar-refractivity contribution in [1.82, 2.24) is 4.98 Å². The van der Waals surface area contributed by atoms with E-state index < -0.39 is 0 Å². The van der Waals surface area contributed by atoms with Gasteiger partial charge in [0.15, 0.2) is 0 Å². The quantitative estimate of drug-likeness (QED) is 0.929. The second-order valence-electron chi connectivity index (χ2n) is 5.58. The molecule has 0 aromatic carbocycles. The molecule has 0 saturated heterocycles. The second kappa shape index (κ2) is 4.69.